The van der Waals surface area contributed by atoms with Crippen molar-refractivity contribution in [1.29, 1.82) is 0 Å². The Morgan fingerprint density at radius 3 is 2.68 bits per heavy atom. The molecule has 2 aromatic carbocycles. The summed E-state index contributed by atoms with van der Waals surface area (Å²) >= 11 is 3.43. The van der Waals surface area contributed by atoms with Crippen molar-refractivity contribution < 1.29 is 9.13 Å². The van der Waals surface area contributed by atoms with Crippen LogP contribution in [0.1, 0.15) is 0 Å². The molecule has 0 aliphatic rings. The molecule has 1 aromatic heterocycles. The lowest BCUT2D eigenvalue weighted by Gasteiger charge is -2.10. The number of hydrogen-bond acceptors (Lipinski definition) is 3. The zero-order valence-electron chi connectivity index (χ0n) is 16.0. The molecular weight excluding hydrogens is 421 g/mol. The summed E-state index contributed by atoms with van der Waals surface area (Å²) in [5.41, 5.74) is 2.51. The smallest absolute Gasteiger partial charge is 0.165 e. The number of rotatable bonds is 8. The Kier molecular flexibility index (Phi) is 6.65. The molecule has 0 bridgehead atoms. The summed E-state index contributed by atoms with van der Waals surface area (Å²) < 4.78 is 23.0. The van der Waals surface area contributed by atoms with Crippen LogP contribution in [-0.4, -0.2) is 41.4 Å². The van der Waals surface area contributed by atoms with Crippen molar-refractivity contribution in [2.45, 2.75) is 0 Å². The number of aryl methyl sites for hydroxylation is 1. The normalized spacial score (nSPS) is 11.6. The Balaban J connectivity index is 1.78. The van der Waals surface area contributed by atoms with E-state index >= 15 is 0 Å². The summed E-state index contributed by atoms with van der Waals surface area (Å²) in [4.78, 5) is 2.11. The third kappa shape index (κ3) is 4.69. The predicted octanol–water partition coefficient (Wildman–Crippen LogP) is 5.19. The minimum Gasteiger partial charge on any atom is -0.486 e. The Morgan fingerprint density at radius 1 is 1.21 bits per heavy atom. The van der Waals surface area contributed by atoms with Gasteiger partial charge >= 0.3 is 0 Å². The van der Waals surface area contributed by atoms with Gasteiger partial charge in [-0.2, -0.15) is 5.10 Å². The number of fused-ring (bicyclic) bond motifs is 1. The molecule has 0 radical (unpaired) electrons. The largest absolute Gasteiger partial charge is 0.486 e. The summed E-state index contributed by atoms with van der Waals surface area (Å²) in [5, 5.41) is 5.33. The van der Waals surface area contributed by atoms with Crippen molar-refractivity contribution in [3.8, 4) is 17.0 Å². The molecule has 3 rings (SSSR count). The van der Waals surface area contributed by atoms with Crippen molar-refractivity contribution in [2.75, 3.05) is 26.7 Å². The average Bonchev–Trinajstić information content (AvgIpc) is 2.98. The van der Waals surface area contributed by atoms with E-state index in [1.54, 1.807) is 10.7 Å². The minimum atomic E-state index is -0.393. The standard InChI is InChI=1S/C22H23BrFN3O/c1-4-11-26(2)12-5-6-13-28-21-15-20-18(14-19(21)24)22(25-27(20)3)16-7-9-17(23)10-8-16/h4-10,14-15H,1,11-13H2,2-3H3. The number of hydrogen-bond donors (Lipinski definition) is 0. The second kappa shape index (κ2) is 9.17. The number of likely N-dealkylation sites (N-methyl/N-ethyl adjacent to an activating group) is 1. The highest BCUT2D eigenvalue weighted by Crippen LogP contribution is 2.32. The summed E-state index contributed by atoms with van der Waals surface area (Å²) in [6.45, 7) is 5.62. The monoisotopic (exact) mass is 443 g/mol. The van der Waals surface area contributed by atoms with E-state index in [1.807, 2.05) is 56.6 Å². The van der Waals surface area contributed by atoms with E-state index in [-0.39, 0.29) is 5.75 Å². The van der Waals surface area contributed by atoms with Gasteiger partial charge in [-0.3, -0.25) is 9.58 Å². The molecule has 6 heteroatoms. The van der Waals surface area contributed by atoms with Crippen LogP contribution in [0.3, 0.4) is 0 Å². The lowest BCUT2D eigenvalue weighted by atomic mass is 10.1. The van der Waals surface area contributed by atoms with E-state index in [0.717, 1.165) is 39.7 Å². The van der Waals surface area contributed by atoms with Gasteiger partial charge in [-0.1, -0.05) is 46.3 Å². The fourth-order valence-electron chi connectivity index (χ4n) is 2.94. The van der Waals surface area contributed by atoms with Crippen LogP contribution in [0, 0.1) is 5.82 Å². The van der Waals surface area contributed by atoms with Gasteiger partial charge in [0.25, 0.3) is 0 Å². The van der Waals surface area contributed by atoms with E-state index in [2.05, 4.69) is 32.5 Å². The molecule has 146 valence electrons. The number of benzene rings is 2. The zero-order valence-corrected chi connectivity index (χ0v) is 17.6. The van der Waals surface area contributed by atoms with Crippen molar-refractivity contribution in [1.82, 2.24) is 14.7 Å². The van der Waals surface area contributed by atoms with E-state index in [1.165, 1.54) is 6.07 Å². The second-order valence-electron chi connectivity index (χ2n) is 6.57. The first kappa shape index (κ1) is 20.3. The van der Waals surface area contributed by atoms with Crippen LogP contribution in [0.5, 0.6) is 5.75 Å². The van der Waals surface area contributed by atoms with Crippen LogP contribution in [-0.2, 0) is 7.05 Å². The average molecular weight is 444 g/mol. The molecule has 0 N–H and O–H groups in total. The highest BCUT2D eigenvalue weighted by molar-refractivity contribution is 9.10. The molecule has 0 saturated heterocycles. The molecule has 1 heterocycles. The molecule has 4 nitrogen and oxygen atoms in total. The molecule has 0 aliphatic carbocycles. The van der Waals surface area contributed by atoms with Crippen LogP contribution in [0.4, 0.5) is 4.39 Å². The molecule has 0 atom stereocenters. The first-order chi connectivity index (χ1) is 13.5. The number of ether oxygens (including phenoxy) is 1. The van der Waals surface area contributed by atoms with E-state index in [4.69, 9.17) is 4.74 Å². The topological polar surface area (TPSA) is 30.3 Å². The summed E-state index contributed by atoms with van der Waals surface area (Å²) in [6.07, 6.45) is 5.74. The van der Waals surface area contributed by atoms with Gasteiger partial charge in [-0.05, 0) is 25.2 Å². The van der Waals surface area contributed by atoms with Gasteiger partial charge in [0.15, 0.2) is 11.6 Å². The quantitative estimate of drug-likeness (QED) is 0.448. The molecule has 3 aromatic rings. The minimum absolute atomic E-state index is 0.224. The van der Waals surface area contributed by atoms with E-state index < -0.39 is 5.82 Å². The van der Waals surface area contributed by atoms with Crippen LogP contribution in [0.25, 0.3) is 22.2 Å². The third-order valence-corrected chi connectivity index (χ3v) is 4.91. The molecule has 0 amide bonds. The van der Waals surface area contributed by atoms with Gasteiger partial charge in [0, 0.05) is 41.6 Å². The zero-order chi connectivity index (χ0) is 20.1. The van der Waals surface area contributed by atoms with Crippen LogP contribution >= 0.6 is 15.9 Å². The highest BCUT2D eigenvalue weighted by atomic mass is 79.9. The van der Waals surface area contributed by atoms with Gasteiger partial charge in [0.1, 0.15) is 12.3 Å². The van der Waals surface area contributed by atoms with Crippen molar-refractivity contribution in [3.63, 3.8) is 0 Å². The fraction of sp³-hybridized carbons (Fsp3) is 0.227. The van der Waals surface area contributed by atoms with Gasteiger partial charge in [-0.25, -0.2) is 4.39 Å². The second-order valence-corrected chi connectivity index (χ2v) is 7.49. The molecular formula is C22H23BrFN3O. The van der Waals surface area contributed by atoms with Gasteiger partial charge < -0.3 is 4.74 Å². The molecule has 0 aliphatic heterocycles. The van der Waals surface area contributed by atoms with Gasteiger partial charge in [0.05, 0.1) is 5.52 Å². The highest BCUT2D eigenvalue weighted by Gasteiger charge is 2.15. The van der Waals surface area contributed by atoms with Crippen molar-refractivity contribution in [3.05, 3.63) is 71.5 Å². The van der Waals surface area contributed by atoms with Gasteiger partial charge in [-0.15, -0.1) is 6.58 Å². The SMILES string of the molecule is C=CCN(C)CC=CCOc1cc2c(cc1F)c(-c1ccc(Br)cc1)nn2C. The first-order valence-electron chi connectivity index (χ1n) is 8.99. The Labute approximate surface area is 173 Å². The van der Waals surface area contributed by atoms with Crippen LogP contribution < -0.4 is 4.74 Å². The summed E-state index contributed by atoms with van der Waals surface area (Å²) in [6, 6.07) is 11.0. The van der Waals surface area contributed by atoms with Crippen LogP contribution in [0.2, 0.25) is 0 Å². The lowest BCUT2D eigenvalue weighted by molar-refractivity contribution is 0.340. The molecule has 28 heavy (non-hydrogen) atoms. The van der Waals surface area contributed by atoms with E-state index in [9.17, 15) is 4.39 Å². The molecule has 0 fully saturated rings. The fourth-order valence-corrected chi connectivity index (χ4v) is 3.21. The summed E-state index contributed by atoms with van der Waals surface area (Å²) in [7, 11) is 3.85. The lowest BCUT2D eigenvalue weighted by Crippen LogP contribution is -2.17. The Hall–Kier alpha value is -2.44. The Morgan fingerprint density at radius 2 is 1.96 bits per heavy atom. The van der Waals surface area contributed by atoms with Gasteiger partial charge in [0.2, 0.25) is 0 Å². The van der Waals surface area contributed by atoms with Crippen LogP contribution in [0.15, 0.2) is 65.7 Å². The number of nitrogens with zero attached hydrogens (tertiary/aromatic N) is 3. The van der Waals surface area contributed by atoms with Crippen molar-refractivity contribution >= 4 is 26.8 Å². The number of aromatic nitrogens is 2. The maximum Gasteiger partial charge on any atom is 0.165 e. The number of halogens is 2. The summed E-state index contributed by atoms with van der Waals surface area (Å²) in [5.74, 6) is -0.169. The first-order valence-corrected chi connectivity index (χ1v) is 9.78. The van der Waals surface area contributed by atoms with E-state index in [0.29, 0.717) is 6.61 Å². The van der Waals surface area contributed by atoms with Crippen molar-refractivity contribution in [2.24, 2.45) is 7.05 Å². The maximum absolute atomic E-state index is 14.6. The molecule has 0 saturated carbocycles. The maximum atomic E-state index is 14.6. The predicted molar refractivity (Wildman–Crippen MR) is 116 cm³/mol. The molecule has 0 spiro atoms. The Bertz CT molecular complexity index is 995. The molecule has 0 unspecified atom stereocenters. The third-order valence-electron chi connectivity index (χ3n) is 4.38.